The van der Waals surface area contributed by atoms with E-state index in [9.17, 15) is 51.6 Å². The fraction of sp³-hybridized carbons (Fsp3) is 0.337. The van der Waals surface area contributed by atoms with Crippen molar-refractivity contribution in [3.05, 3.63) is 368 Å². The van der Waals surface area contributed by atoms with Gasteiger partial charge in [-0.25, -0.2) is 9.97 Å². The molecule has 0 aliphatic rings. The quantitative estimate of drug-likeness (QED) is 0.0466. The molecule has 0 radical (unpaired) electrons. The van der Waals surface area contributed by atoms with Gasteiger partial charge in [-0.05, 0) is 207 Å². The van der Waals surface area contributed by atoms with Crippen LogP contribution in [0.2, 0.25) is 0 Å². The van der Waals surface area contributed by atoms with Crippen molar-refractivity contribution in [3.63, 3.8) is 0 Å². The van der Waals surface area contributed by atoms with Gasteiger partial charge in [0.1, 0.15) is 29.1 Å². The van der Waals surface area contributed by atoms with Gasteiger partial charge in [-0.2, -0.15) is 26.3 Å². The van der Waals surface area contributed by atoms with Crippen LogP contribution in [0.15, 0.2) is 284 Å². The Bertz CT molecular complexity index is 4690. The molecule has 11 nitrogen and oxygen atoms in total. The summed E-state index contributed by atoms with van der Waals surface area (Å²) in [7, 11) is 1.57. The molecule has 12 aromatic rings. The van der Waals surface area contributed by atoms with Crippen LogP contribution >= 0.6 is 0 Å². The molecule has 0 amide bonds. The maximum Gasteiger partial charge on any atom is 0.414 e. The summed E-state index contributed by atoms with van der Waals surface area (Å²) in [5.41, 5.74) is 8.80. The Balaban J connectivity index is 0.000000365. The number of aromatic carboxylic acids is 1. The Labute approximate surface area is 765 Å². The van der Waals surface area contributed by atoms with Crippen LogP contribution in [0.25, 0.3) is 0 Å². The van der Waals surface area contributed by atoms with Crippen molar-refractivity contribution in [2.24, 2.45) is 0 Å². The van der Waals surface area contributed by atoms with E-state index >= 15 is 0 Å². The molecule has 0 saturated heterocycles. The van der Waals surface area contributed by atoms with Crippen LogP contribution in [-0.2, 0) is 16.4 Å². The fourth-order valence-corrected chi connectivity index (χ4v) is 17.0. The number of benzene rings is 9. The highest BCUT2D eigenvalue weighted by atomic mass is 127. The Kier molecular flexibility index (Phi) is 50.0. The van der Waals surface area contributed by atoms with Crippen LogP contribution in [-0.4, -0.2) is 43.2 Å². The zero-order valence-electron chi connectivity index (χ0n) is 75.4. The average Bonchev–Trinajstić information content (AvgIpc) is 1.56. The third-order valence-corrected chi connectivity index (χ3v) is 26.0. The number of aromatic amines is 2. The number of ether oxygens (including phenoxy) is 2. The van der Waals surface area contributed by atoms with E-state index in [0.717, 1.165) is 40.9 Å². The van der Waals surface area contributed by atoms with Crippen LogP contribution in [0.5, 0.6) is 23.0 Å². The lowest BCUT2D eigenvalue weighted by atomic mass is 9.87. The van der Waals surface area contributed by atoms with E-state index in [2.05, 4.69) is 249 Å². The summed E-state index contributed by atoms with van der Waals surface area (Å²) in [6.45, 7) is 38.1. The van der Waals surface area contributed by atoms with Crippen molar-refractivity contribution in [1.29, 1.82) is 0 Å². The number of hydrogen-bond donors (Lipinski definition) is 1. The average molecular weight is 2040 g/mol. The number of carboxylic acids is 1. The van der Waals surface area contributed by atoms with Gasteiger partial charge in [0.2, 0.25) is 0 Å². The molecule has 0 aliphatic carbocycles. The summed E-state index contributed by atoms with van der Waals surface area (Å²) in [6.07, 6.45) is 0.123. The van der Waals surface area contributed by atoms with Crippen molar-refractivity contribution in [2.75, 3.05) is 13.7 Å². The molecule has 3 heterocycles. The number of hydrogen-bond acceptors (Lipinski definition) is 9. The van der Waals surface area contributed by atoms with Crippen LogP contribution in [0.1, 0.15) is 213 Å². The number of H-pyrrole nitrogens is 2. The van der Waals surface area contributed by atoms with E-state index in [0.29, 0.717) is 31.4 Å². The minimum Gasteiger partial charge on any atom is -0.872 e. The number of aryl methyl sites for hydroxylation is 6. The number of aliphatic hydroxyl groups excluding tert-OH is 1. The SMILES string of the molecule is CC(C)(C)c1ccc([I+]c2ccc(C(C)(C)C)cc2)cc1.CC(C)c1ccc(C(=O)[O-])cc1.CC(O)C(F)(F)F.CCCCCCCCOc1ccc([I+]c2ccccc2)cc1.COc1ccc([O-])cc1.Cc1cc(C)cc([O-])c1.Cc1ccc(C(C)([O-])C(F)(F)F)o1.Cc1ccc([I+]c2ccc(C(C)C)cc2)cc1.Cc1cccc(C)[nH+]1.c1cc[nH+]cc1. The Morgan fingerprint density at radius 2 is 0.839 bits per heavy atom. The Morgan fingerprint density at radius 1 is 0.452 bits per heavy atom. The van der Waals surface area contributed by atoms with Gasteiger partial charge in [0.15, 0.2) is 45.2 Å². The van der Waals surface area contributed by atoms with E-state index in [4.69, 9.17) is 14.6 Å². The summed E-state index contributed by atoms with van der Waals surface area (Å²) in [4.78, 5) is 16.4. The number of pyridine rings is 2. The van der Waals surface area contributed by atoms with E-state index < -0.39 is 35.8 Å². The first-order valence-electron chi connectivity index (χ1n) is 41.2. The predicted molar refractivity (Wildman–Crippen MR) is 469 cm³/mol. The first kappa shape index (κ1) is 109. The van der Waals surface area contributed by atoms with Gasteiger partial charge in [0.05, 0.1) is 19.7 Å². The van der Waals surface area contributed by atoms with Gasteiger partial charge in [-0.15, -0.1) is 11.5 Å². The second kappa shape index (κ2) is 56.8. The monoisotopic (exact) mass is 2040 g/mol. The molecule has 0 spiro atoms. The topological polar surface area (TPSA) is 189 Å². The number of nitrogens with one attached hydrogen (secondary N) is 2. The zero-order valence-corrected chi connectivity index (χ0v) is 81.8. The van der Waals surface area contributed by atoms with Crippen molar-refractivity contribution in [1.82, 2.24) is 0 Å². The smallest absolute Gasteiger partial charge is 0.414 e. The first-order chi connectivity index (χ1) is 58.3. The third-order valence-electron chi connectivity index (χ3n) is 17.9. The summed E-state index contributed by atoms with van der Waals surface area (Å²) in [5, 5.41) is 50.4. The first-order valence-corrected chi connectivity index (χ1v) is 47.7. The minimum atomic E-state index is -4.84. The molecule has 0 fully saturated rings. The molecule has 668 valence electrons. The van der Waals surface area contributed by atoms with Gasteiger partial charge in [0.25, 0.3) is 0 Å². The van der Waals surface area contributed by atoms with E-state index in [1.54, 1.807) is 43.5 Å². The molecule has 124 heavy (non-hydrogen) atoms. The number of carbonyl (C=O) groups is 1. The number of methoxy groups -OCH3 is 1. The summed E-state index contributed by atoms with van der Waals surface area (Å²) in [5.74, 6) is 1.47. The molecule has 0 saturated carbocycles. The van der Waals surface area contributed by atoms with Gasteiger partial charge < -0.3 is 44.2 Å². The Morgan fingerprint density at radius 3 is 1.18 bits per heavy atom. The minimum absolute atomic E-state index is 0.0100. The second-order valence-corrected chi connectivity index (χ2v) is 41.1. The number of halogens is 9. The number of carbonyl (C=O) groups excluding carboxylic acids is 1. The molecule has 3 N–H and O–H groups in total. The van der Waals surface area contributed by atoms with Crippen molar-refractivity contribution >= 4 is 5.97 Å². The highest BCUT2D eigenvalue weighted by molar-refractivity contribution is 5.85. The molecule has 0 aliphatic heterocycles. The summed E-state index contributed by atoms with van der Waals surface area (Å²) < 4.78 is 93.4. The van der Waals surface area contributed by atoms with E-state index in [-0.39, 0.29) is 91.5 Å². The van der Waals surface area contributed by atoms with E-state index in [1.165, 1.54) is 119 Å². The number of rotatable bonds is 19. The molecule has 3 aromatic heterocycles. The molecule has 12 rings (SSSR count). The summed E-state index contributed by atoms with van der Waals surface area (Å²) in [6, 6.07) is 88.5. The molecular formula is C104H126F6I3N2O9+. The number of furan rings is 1. The van der Waals surface area contributed by atoms with Crippen LogP contribution in [0.3, 0.4) is 0 Å². The van der Waals surface area contributed by atoms with Crippen LogP contribution < -0.4 is 103 Å². The molecule has 2 unspecified atom stereocenters. The molecule has 0 bridgehead atoms. The Hall–Kier alpha value is -9.08. The highest BCUT2D eigenvalue weighted by Gasteiger charge is 2.45. The predicted octanol–water partition coefficient (Wildman–Crippen LogP) is 13.8. The van der Waals surface area contributed by atoms with Gasteiger partial charge in [0, 0.05) is 43.7 Å². The van der Waals surface area contributed by atoms with E-state index in [1.807, 2.05) is 94.7 Å². The van der Waals surface area contributed by atoms with Gasteiger partial charge in [-0.3, -0.25) is 0 Å². The normalized spacial score (nSPS) is 11.5. The lowest BCUT2D eigenvalue weighted by Crippen LogP contribution is -3.61. The number of alkyl halides is 6. The number of aromatic nitrogens is 2. The fourth-order valence-electron chi connectivity index (χ4n) is 10.5. The molecule has 20 heteroatoms. The summed E-state index contributed by atoms with van der Waals surface area (Å²) >= 11 is -0.153. The van der Waals surface area contributed by atoms with Crippen molar-refractivity contribution in [3.8, 4) is 23.0 Å². The third kappa shape index (κ3) is 46.8. The van der Waals surface area contributed by atoms with Gasteiger partial charge >= 0.3 is 76.0 Å². The maximum atomic E-state index is 12.2. The maximum absolute atomic E-state index is 12.2. The lowest BCUT2D eigenvalue weighted by Gasteiger charge is -2.36. The van der Waals surface area contributed by atoms with Crippen LogP contribution in [0, 0.1) is 63.0 Å². The second-order valence-electron chi connectivity index (χ2n) is 32.0. The van der Waals surface area contributed by atoms with Crippen molar-refractivity contribution in [2.45, 2.75) is 217 Å². The van der Waals surface area contributed by atoms with Crippen molar-refractivity contribution < 1.29 is 144 Å². The number of aliphatic hydroxyl groups is 1. The largest absolute Gasteiger partial charge is 0.872 e. The standard InChI is InChI=1S/C20H26IO.C20H26I.C16H18I.C10H12O2.C8H8F3O2.C8H10O.C7H9N.C7H8O2.C5H5N.C3H5F3O/c1-2-3-4-5-6-10-17-22-20-15-13-19(14-16-20)21-18-11-8-7-9-12-18;1-19(2,3)15-7-11-17(12-8-15)21-18-13-9-16(10-14-18)20(4,5)6;1-12(2)14-6-10-16(11-7-14)17-15-8-4-13(3)5-9-15;1-7(2)8-3-5-9(6-4-8)10(11)12;1-5-3-4-6(13-5)7(2,12)8(9,10)11;1-6-3-7(2)5-8(9)4-6;1-6-4-3-5-7(2)8-6;1-9-7-4-2-6(8)3-5-7;1-2-4-6-5-3-1;1-2(7)3(4,5)6/h7-9,11-16H,2-6,10,17H2,1H3;7-14H,1-6H3;4-12H,1-3H3;3-7H,1-2H3,(H,11,12);3-4H,1-2H3;3-5,9H,1-2H3;3-5H,1-2H3;2-5,8H,1H3;1-5H;2,7H,1H3/q3*+1;;-1;;;;;/p-1. The highest BCUT2D eigenvalue weighted by Crippen LogP contribution is 2.37. The number of carboxylic acid groups (broad SMARTS) is 1. The lowest BCUT2D eigenvalue weighted by molar-refractivity contribution is -0.597. The van der Waals surface area contributed by atoms with Crippen LogP contribution in [0.4, 0.5) is 26.3 Å². The molecular weight excluding hydrogens is 1920 g/mol. The molecule has 2 atom stereocenters. The van der Waals surface area contributed by atoms with Gasteiger partial charge in [-0.1, -0.05) is 259 Å². The number of unbranched alkanes of at least 4 members (excludes halogenated alkanes) is 5. The molecule has 9 aromatic carbocycles. The zero-order chi connectivity index (χ0) is 92.6.